The molecule has 1 unspecified atom stereocenters. The van der Waals surface area contributed by atoms with Crippen LogP contribution in [-0.4, -0.2) is 37.2 Å². The molecule has 0 fully saturated rings. The number of carbonyl (C=O) groups excluding carboxylic acids is 2. The van der Waals surface area contributed by atoms with Crippen molar-refractivity contribution >= 4 is 11.9 Å². The number of hydrogen-bond acceptors (Lipinski definition) is 5. The first-order valence-corrected chi connectivity index (χ1v) is 6.81. The minimum absolute atomic E-state index is 0.123. The van der Waals surface area contributed by atoms with Gasteiger partial charge in [-0.2, -0.15) is 0 Å². The van der Waals surface area contributed by atoms with E-state index in [1.165, 1.54) is 0 Å². The lowest BCUT2D eigenvalue weighted by atomic mass is 10.0. The summed E-state index contributed by atoms with van der Waals surface area (Å²) in [5.41, 5.74) is 0.688. The van der Waals surface area contributed by atoms with Crippen molar-refractivity contribution in [3.8, 4) is 5.75 Å². The minimum Gasteiger partial charge on any atom is -0.497 e. The van der Waals surface area contributed by atoms with E-state index in [1.807, 2.05) is 0 Å². The topological polar surface area (TPSA) is 84.9 Å². The zero-order valence-corrected chi connectivity index (χ0v) is 12.3. The lowest BCUT2D eigenvalue weighted by Gasteiger charge is -2.12. The fourth-order valence-electron chi connectivity index (χ4n) is 1.75. The normalized spacial score (nSPS) is 11.6. The molecule has 1 aromatic carbocycles. The van der Waals surface area contributed by atoms with Gasteiger partial charge in [-0.15, -0.1) is 0 Å². The first-order valence-electron chi connectivity index (χ1n) is 6.81. The Balaban J connectivity index is 2.36. The van der Waals surface area contributed by atoms with Crippen LogP contribution in [0, 0.1) is 0 Å². The standard InChI is InChI=1S/C15H21NO5/c1-3-21-15(19)10-16-14(18)8-7-13(17)11-5-4-6-12(9-11)20-2/h4-6,9,13,17H,3,7-8,10H2,1-2H3,(H,16,18). The van der Waals surface area contributed by atoms with Gasteiger partial charge in [-0.25, -0.2) is 0 Å². The van der Waals surface area contributed by atoms with Gasteiger partial charge >= 0.3 is 5.97 Å². The third kappa shape index (κ3) is 6.27. The Morgan fingerprint density at radius 3 is 2.81 bits per heavy atom. The monoisotopic (exact) mass is 295 g/mol. The summed E-state index contributed by atoms with van der Waals surface area (Å²) in [5, 5.41) is 12.5. The maximum absolute atomic E-state index is 11.6. The minimum atomic E-state index is -0.756. The van der Waals surface area contributed by atoms with Crippen LogP contribution in [0.15, 0.2) is 24.3 Å². The van der Waals surface area contributed by atoms with Crippen molar-refractivity contribution in [2.24, 2.45) is 0 Å². The van der Waals surface area contributed by atoms with E-state index >= 15 is 0 Å². The van der Waals surface area contributed by atoms with E-state index in [0.29, 0.717) is 11.3 Å². The molecule has 0 saturated carbocycles. The van der Waals surface area contributed by atoms with Gasteiger partial charge in [0.05, 0.1) is 19.8 Å². The molecule has 0 aromatic heterocycles. The van der Waals surface area contributed by atoms with Gasteiger partial charge in [-0.05, 0) is 31.0 Å². The Bertz CT molecular complexity index is 475. The molecule has 1 atom stereocenters. The van der Waals surface area contributed by atoms with Gasteiger partial charge < -0.3 is 19.9 Å². The highest BCUT2D eigenvalue weighted by Gasteiger charge is 2.12. The van der Waals surface area contributed by atoms with E-state index in [-0.39, 0.29) is 31.9 Å². The molecule has 0 spiro atoms. The lowest BCUT2D eigenvalue weighted by Crippen LogP contribution is -2.30. The number of hydrogen-bond donors (Lipinski definition) is 2. The number of esters is 1. The Labute approximate surface area is 124 Å². The average Bonchev–Trinajstić information content (AvgIpc) is 2.50. The van der Waals surface area contributed by atoms with Crippen LogP contribution in [-0.2, 0) is 14.3 Å². The number of aliphatic hydroxyl groups excluding tert-OH is 1. The lowest BCUT2D eigenvalue weighted by molar-refractivity contribution is -0.143. The van der Waals surface area contributed by atoms with Crippen molar-refractivity contribution < 1.29 is 24.2 Å². The van der Waals surface area contributed by atoms with Crippen LogP contribution in [0.1, 0.15) is 31.4 Å². The number of carbonyl (C=O) groups is 2. The third-order valence-electron chi connectivity index (χ3n) is 2.86. The van der Waals surface area contributed by atoms with Crippen molar-refractivity contribution in [2.75, 3.05) is 20.3 Å². The summed E-state index contributed by atoms with van der Waals surface area (Å²) < 4.78 is 9.77. The number of methoxy groups -OCH3 is 1. The van der Waals surface area contributed by atoms with Crippen LogP contribution >= 0.6 is 0 Å². The summed E-state index contributed by atoms with van der Waals surface area (Å²) >= 11 is 0. The maximum atomic E-state index is 11.6. The van der Waals surface area contributed by atoms with E-state index < -0.39 is 12.1 Å². The summed E-state index contributed by atoms with van der Waals surface area (Å²) in [6, 6.07) is 7.05. The van der Waals surface area contributed by atoms with Crippen molar-refractivity contribution in [1.29, 1.82) is 0 Å². The van der Waals surface area contributed by atoms with E-state index in [9.17, 15) is 14.7 Å². The molecule has 0 radical (unpaired) electrons. The molecule has 1 rings (SSSR count). The predicted octanol–water partition coefficient (Wildman–Crippen LogP) is 1.19. The van der Waals surface area contributed by atoms with Crippen molar-refractivity contribution in [3.63, 3.8) is 0 Å². The van der Waals surface area contributed by atoms with Gasteiger partial charge in [0.15, 0.2) is 0 Å². The second-order valence-corrected chi connectivity index (χ2v) is 4.41. The Kier molecular flexibility index (Phi) is 7.25. The summed E-state index contributed by atoms with van der Waals surface area (Å²) in [7, 11) is 1.55. The van der Waals surface area contributed by atoms with Crippen LogP contribution in [0.5, 0.6) is 5.75 Å². The predicted molar refractivity (Wildman–Crippen MR) is 76.8 cm³/mol. The number of benzene rings is 1. The molecule has 0 aliphatic carbocycles. The van der Waals surface area contributed by atoms with Gasteiger partial charge in [-0.1, -0.05) is 12.1 Å². The molecule has 6 nitrogen and oxygen atoms in total. The summed E-state index contributed by atoms with van der Waals surface area (Å²) in [6.45, 7) is 1.83. The Hall–Kier alpha value is -2.08. The second-order valence-electron chi connectivity index (χ2n) is 4.41. The molecule has 2 N–H and O–H groups in total. The summed E-state index contributed by atoms with van der Waals surface area (Å²) in [4.78, 5) is 22.6. The van der Waals surface area contributed by atoms with Crippen molar-refractivity contribution in [2.45, 2.75) is 25.9 Å². The van der Waals surface area contributed by atoms with Crippen molar-refractivity contribution in [1.82, 2.24) is 5.32 Å². The molecule has 1 amide bonds. The average molecular weight is 295 g/mol. The first-order chi connectivity index (χ1) is 10.1. The van der Waals surface area contributed by atoms with Crippen LogP contribution in [0.2, 0.25) is 0 Å². The number of aliphatic hydroxyl groups is 1. The molecular formula is C15H21NO5. The number of ether oxygens (including phenoxy) is 2. The fraction of sp³-hybridized carbons (Fsp3) is 0.467. The molecule has 0 heterocycles. The molecular weight excluding hydrogens is 274 g/mol. The third-order valence-corrected chi connectivity index (χ3v) is 2.86. The van der Waals surface area contributed by atoms with Crippen LogP contribution in [0.3, 0.4) is 0 Å². The molecule has 0 aliphatic heterocycles. The van der Waals surface area contributed by atoms with Gasteiger partial charge in [0.2, 0.25) is 5.91 Å². The van der Waals surface area contributed by atoms with Crippen molar-refractivity contribution in [3.05, 3.63) is 29.8 Å². The number of nitrogens with one attached hydrogen (secondary N) is 1. The molecule has 116 valence electrons. The maximum Gasteiger partial charge on any atom is 0.325 e. The molecule has 0 bridgehead atoms. The summed E-state index contributed by atoms with van der Waals surface area (Å²) in [6.07, 6.45) is -0.368. The highest BCUT2D eigenvalue weighted by molar-refractivity contribution is 5.81. The van der Waals surface area contributed by atoms with Gasteiger partial charge in [0.25, 0.3) is 0 Å². The highest BCUT2D eigenvalue weighted by Crippen LogP contribution is 2.22. The van der Waals surface area contributed by atoms with E-state index in [4.69, 9.17) is 9.47 Å². The quantitative estimate of drug-likeness (QED) is 0.704. The van der Waals surface area contributed by atoms with E-state index in [1.54, 1.807) is 38.3 Å². The second kappa shape index (κ2) is 8.97. The Morgan fingerprint density at radius 2 is 2.14 bits per heavy atom. The summed E-state index contributed by atoms with van der Waals surface area (Å²) in [5.74, 6) is -0.123. The van der Waals surface area contributed by atoms with Crippen LogP contribution in [0.25, 0.3) is 0 Å². The Morgan fingerprint density at radius 1 is 1.38 bits per heavy atom. The van der Waals surface area contributed by atoms with Gasteiger partial charge in [-0.3, -0.25) is 9.59 Å². The van der Waals surface area contributed by atoms with E-state index in [2.05, 4.69) is 5.32 Å². The first kappa shape index (κ1) is 17.0. The largest absolute Gasteiger partial charge is 0.497 e. The zero-order chi connectivity index (χ0) is 15.7. The van der Waals surface area contributed by atoms with Gasteiger partial charge in [0.1, 0.15) is 12.3 Å². The molecule has 21 heavy (non-hydrogen) atoms. The van der Waals surface area contributed by atoms with E-state index in [0.717, 1.165) is 0 Å². The SMILES string of the molecule is CCOC(=O)CNC(=O)CCC(O)c1cccc(OC)c1. The fourth-order valence-corrected chi connectivity index (χ4v) is 1.75. The highest BCUT2D eigenvalue weighted by atomic mass is 16.5. The van der Waals surface area contributed by atoms with Crippen LogP contribution < -0.4 is 10.1 Å². The molecule has 0 saturated heterocycles. The number of rotatable bonds is 8. The molecule has 6 heteroatoms. The zero-order valence-electron chi connectivity index (χ0n) is 12.3. The van der Waals surface area contributed by atoms with Crippen LogP contribution in [0.4, 0.5) is 0 Å². The molecule has 1 aromatic rings. The van der Waals surface area contributed by atoms with Gasteiger partial charge in [0, 0.05) is 6.42 Å². The molecule has 0 aliphatic rings. The smallest absolute Gasteiger partial charge is 0.325 e. The number of amides is 1.